The summed E-state index contributed by atoms with van der Waals surface area (Å²) in [6, 6.07) is 8.13. The molecule has 0 amide bonds. The molecular weight excluding hydrogens is 172 g/mol. The van der Waals surface area contributed by atoms with Crippen molar-refractivity contribution in [1.29, 1.82) is 0 Å². The van der Waals surface area contributed by atoms with Crippen molar-refractivity contribution >= 4 is 0 Å². The average molecular weight is 192 g/mol. The van der Waals surface area contributed by atoms with Gasteiger partial charge in [0.15, 0.2) is 0 Å². The first kappa shape index (κ1) is 11.3. The molecule has 0 radical (unpaired) electrons. The normalized spacial score (nSPS) is 15.6. The summed E-state index contributed by atoms with van der Waals surface area (Å²) >= 11 is 0. The molecule has 14 heavy (non-hydrogen) atoms. The molecule has 1 N–H and O–H groups in total. The van der Waals surface area contributed by atoms with Gasteiger partial charge in [0, 0.05) is 0 Å². The largest absolute Gasteiger partial charge is 0.385 e. The second-order valence-corrected chi connectivity index (χ2v) is 4.31. The van der Waals surface area contributed by atoms with E-state index in [0.717, 1.165) is 12.0 Å². The summed E-state index contributed by atoms with van der Waals surface area (Å²) in [6.07, 6.45) is 0.971. The number of hydrogen-bond donors (Lipinski definition) is 1. The molecule has 0 aliphatic heterocycles. The van der Waals surface area contributed by atoms with E-state index in [0.29, 0.717) is 0 Å². The second kappa shape index (κ2) is 4.14. The van der Waals surface area contributed by atoms with Gasteiger partial charge in [0.2, 0.25) is 0 Å². The molecule has 78 valence electrons. The van der Waals surface area contributed by atoms with E-state index in [-0.39, 0.29) is 5.92 Å². The molecule has 0 saturated heterocycles. The molecule has 1 aromatic rings. The van der Waals surface area contributed by atoms with Crippen molar-refractivity contribution in [3.05, 3.63) is 35.4 Å². The van der Waals surface area contributed by atoms with Crippen LogP contribution in [0.3, 0.4) is 0 Å². The highest BCUT2D eigenvalue weighted by Crippen LogP contribution is 2.31. The van der Waals surface area contributed by atoms with Crippen molar-refractivity contribution in [3.63, 3.8) is 0 Å². The zero-order chi connectivity index (χ0) is 10.8. The first-order chi connectivity index (χ1) is 6.50. The maximum atomic E-state index is 10.4. The molecule has 0 fully saturated rings. The minimum Gasteiger partial charge on any atom is -0.385 e. The van der Waals surface area contributed by atoms with Crippen molar-refractivity contribution in [2.24, 2.45) is 5.92 Å². The van der Waals surface area contributed by atoms with Crippen LogP contribution in [0.15, 0.2) is 24.3 Å². The minimum absolute atomic E-state index is 0.232. The van der Waals surface area contributed by atoms with Gasteiger partial charge in [0.25, 0.3) is 0 Å². The summed E-state index contributed by atoms with van der Waals surface area (Å²) in [6.45, 7) is 8.11. The Morgan fingerprint density at radius 1 is 1.29 bits per heavy atom. The summed E-state index contributed by atoms with van der Waals surface area (Å²) in [4.78, 5) is 0. The van der Waals surface area contributed by atoms with Crippen molar-refractivity contribution in [1.82, 2.24) is 0 Å². The summed E-state index contributed by atoms with van der Waals surface area (Å²) in [5.41, 5.74) is 1.59. The lowest BCUT2D eigenvalue weighted by atomic mass is 9.82. The molecule has 0 bridgehead atoms. The third-order valence-electron chi connectivity index (χ3n) is 3.07. The Morgan fingerprint density at radius 3 is 2.36 bits per heavy atom. The molecule has 1 heteroatoms. The Bertz CT molecular complexity index is 300. The molecule has 1 atom stereocenters. The zero-order valence-corrected chi connectivity index (χ0v) is 9.54. The van der Waals surface area contributed by atoms with Crippen LogP contribution in [-0.2, 0) is 12.0 Å². The highest BCUT2D eigenvalue weighted by molar-refractivity contribution is 5.32. The van der Waals surface area contributed by atoms with Crippen LogP contribution in [0.1, 0.15) is 38.8 Å². The lowest BCUT2D eigenvalue weighted by Crippen LogP contribution is -2.29. The van der Waals surface area contributed by atoms with Crippen molar-refractivity contribution in [2.75, 3.05) is 0 Å². The van der Waals surface area contributed by atoms with Gasteiger partial charge in [0.05, 0.1) is 5.60 Å². The van der Waals surface area contributed by atoms with E-state index in [9.17, 15) is 5.11 Å². The molecule has 1 rings (SSSR count). The van der Waals surface area contributed by atoms with Crippen LogP contribution in [0.5, 0.6) is 0 Å². The van der Waals surface area contributed by atoms with Crippen LogP contribution in [0.25, 0.3) is 0 Å². The SMILES string of the molecule is CCc1ccccc1[C@@](C)(O)C(C)C. The van der Waals surface area contributed by atoms with E-state index in [2.05, 4.69) is 13.0 Å². The number of aliphatic hydroxyl groups is 1. The number of aryl methyl sites for hydroxylation is 1. The van der Waals surface area contributed by atoms with Crippen molar-refractivity contribution in [2.45, 2.75) is 39.7 Å². The molecule has 0 unspecified atom stereocenters. The van der Waals surface area contributed by atoms with Crippen LogP contribution in [0.4, 0.5) is 0 Å². The van der Waals surface area contributed by atoms with Crippen LogP contribution >= 0.6 is 0 Å². The first-order valence-electron chi connectivity index (χ1n) is 5.30. The molecule has 0 aliphatic rings. The Balaban J connectivity index is 3.17. The standard InChI is InChI=1S/C13H20O/c1-5-11-8-6-7-9-12(11)13(4,14)10(2)3/h6-10,14H,5H2,1-4H3/t13-/m0/s1. The summed E-state index contributed by atoms with van der Waals surface area (Å²) < 4.78 is 0. The predicted molar refractivity (Wildman–Crippen MR) is 60.2 cm³/mol. The second-order valence-electron chi connectivity index (χ2n) is 4.31. The van der Waals surface area contributed by atoms with Gasteiger partial charge in [-0.25, -0.2) is 0 Å². The van der Waals surface area contributed by atoms with Crippen LogP contribution in [0.2, 0.25) is 0 Å². The summed E-state index contributed by atoms with van der Waals surface area (Å²) in [5.74, 6) is 0.232. The molecule has 0 spiro atoms. The van der Waals surface area contributed by atoms with E-state index < -0.39 is 5.60 Å². The molecule has 0 saturated carbocycles. The number of rotatable bonds is 3. The van der Waals surface area contributed by atoms with E-state index in [1.54, 1.807) is 0 Å². The summed E-state index contributed by atoms with van der Waals surface area (Å²) in [5, 5.41) is 10.4. The van der Waals surface area contributed by atoms with E-state index in [4.69, 9.17) is 0 Å². The van der Waals surface area contributed by atoms with Crippen LogP contribution < -0.4 is 0 Å². The number of benzene rings is 1. The minimum atomic E-state index is -0.716. The Labute approximate surface area is 86.8 Å². The fourth-order valence-electron chi connectivity index (χ4n) is 1.63. The molecule has 1 aromatic carbocycles. The van der Waals surface area contributed by atoms with Gasteiger partial charge >= 0.3 is 0 Å². The third kappa shape index (κ3) is 1.98. The average Bonchev–Trinajstić information content (AvgIpc) is 2.17. The van der Waals surface area contributed by atoms with E-state index in [1.165, 1.54) is 5.56 Å². The lowest BCUT2D eigenvalue weighted by Gasteiger charge is -2.30. The van der Waals surface area contributed by atoms with E-state index >= 15 is 0 Å². The molecular formula is C13H20O. The highest BCUT2D eigenvalue weighted by Gasteiger charge is 2.28. The van der Waals surface area contributed by atoms with Crippen molar-refractivity contribution in [3.8, 4) is 0 Å². The van der Waals surface area contributed by atoms with E-state index in [1.807, 2.05) is 39.0 Å². The maximum absolute atomic E-state index is 10.4. The van der Waals surface area contributed by atoms with Gasteiger partial charge in [-0.2, -0.15) is 0 Å². The fourth-order valence-corrected chi connectivity index (χ4v) is 1.63. The molecule has 0 aliphatic carbocycles. The Morgan fingerprint density at radius 2 is 1.86 bits per heavy atom. The lowest BCUT2D eigenvalue weighted by molar-refractivity contribution is 0.00827. The summed E-state index contributed by atoms with van der Waals surface area (Å²) in [7, 11) is 0. The molecule has 1 nitrogen and oxygen atoms in total. The fraction of sp³-hybridized carbons (Fsp3) is 0.538. The van der Waals surface area contributed by atoms with Gasteiger partial charge in [-0.05, 0) is 30.4 Å². The van der Waals surface area contributed by atoms with Crippen LogP contribution in [-0.4, -0.2) is 5.11 Å². The first-order valence-corrected chi connectivity index (χ1v) is 5.30. The Hall–Kier alpha value is -0.820. The monoisotopic (exact) mass is 192 g/mol. The van der Waals surface area contributed by atoms with Crippen molar-refractivity contribution < 1.29 is 5.11 Å². The smallest absolute Gasteiger partial charge is 0.0893 e. The highest BCUT2D eigenvalue weighted by atomic mass is 16.3. The molecule has 0 aromatic heterocycles. The third-order valence-corrected chi connectivity index (χ3v) is 3.07. The predicted octanol–water partition coefficient (Wildman–Crippen LogP) is 3.11. The maximum Gasteiger partial charge on any atom is 0.0893 e. The number of hydrogen-bond acceptors (Lipinski definition) is 1. The topological polar surface area (TPSA) is 20.2 Å². The van der Waals surface area contributed by atoms with Gasteiger partial charge in [-0.15, -0.1) is 0 Å². The van der Waals surface area contributed by atoms with Gasteiger partial charge in [0.1, 0.15) is 0 Å². The Kier molecular flexibility index (Phi) is 3.33. The van der Waals surface area contributed by atoms with Gasteiger partial charge < -0.3 is 5.11 Å². The quantitative estimate of drug-likeness (QED) is 0.780. The van der Waals surface area contributed by atoms with Crippen LogP contribution in [0, 0.1) is 5.92 Å². The van der Waals surface area contributed by atoms with Gasteiger partial charge in [-0.3, -0.25) is 0 Å². The molecule has 0 heterocycles. The zero-order valence-electron chi connectivity index (χ0n) is 9.54. The van der Waals surface area contributed by atoms with Gasteiger partial charge in [-0.1, -0.05) is 45.0 Å².